The molecule has 0 spiro atoms. The Morgan fingerprint density at radius 1 is 1.21 bits per heavy atom. The summed E-state index contributed by atoms with van der Waals surface area (Å²) in [7, 11) is 0. The maximum atomic E-state index is 12.9. The Morgan fingerprint density at radius 2 is 1.90 bits per heavy atom. The molecule has 2 aromatic rings. The topological polar surface area (TPSA) is 129 Å². The summed E-state index contributed by atoms with van der Waals surface area (Å²) in [5.41, 5.74) is 0.295. The molecule has 3 rings (SSSR count). The van der Waals surface area contributed by atoms with E-state index in [0.29, 0.717) is 15.5 Å². The number of rotatable bonds is 6. The number of ether oxygens (including phenoxy) is 2. The van der Waals surface area contributed by atoms with E-state index in [4.69, 9.17) is 9.47 Å². The molecule has 0 saturated heterocycles. The van der Waals surface area contributed by atoms with Gasteiger partial charge in [0.1, 0.15) is 5.25 Å². The number of nitrogens with zero attached hydrogens (tertiary/aromatic N) is 1. The van der Waals surface area contributed by atoms with Crippen molar-refractivity contribution in [3.8, 4) is 0 Å². The molecule has 0 amide bonds. The van der Waals surface area contributed by atoms with Gasteiger partial charge >= 0.3 is 16.8 Å². The molecule has 1 aliphatic heterocycles. The number of aromatic amines is 1. The highest BCUT2D eigenvalue weighted by molar-refractivity contribution is 8.00. The lowest BCUT2D eigenvalue weighted by atomic mass is 9.82. The van der Waals surface area contributed by atoms with Crippen LogP contribution in [0.4, 0.5) is 5.69 Å². The fourth-order valence-corrected chi connectivity index (χ4v) is 5.73. The van der Waals surface area contributed by atoms with E-state index in [1.54, 1.807) is 19.9 Å². The molecule has 3 atom stereocenters. The third-order valence-corrected chi connectivity index (χ3v) is 6.76. The van der Waals surface area contributed by atoms with Gasteiger partial charge in [-0.15, -0.1) is 0 Å². The molecule has 1 aliphatic rings. The number of nitro benzene ring substituents is 1. The summed E-state index contributed by atoms with van der Waals surface area (Å²) < 4.78 is 10.4. The molecule has 2 heterocycles. The van der Waals surface area contributed by atoms with Crippen molar-refractivity contribution in [2.75, 3.05) is 13.2 Å². The number of hydrogen-bond donors (Lipinski definition) is 1. The highest BCUT2D eigenvalue weighted by Crippen LogP contribution is 2.50. The normalized spacial score (nSPS) is 20.6. The van der Waals surface area contributed by atoms with Crippen molar-refractivity contribution < 1.29 is 24.0 Å². The standard InChI is InChI=1S/C18H18N2O7S2/c1-3-26-16(21)12-11(9-6-5-7-10(8-9)20(24)25)13-15(19-18(23)29-13)28-14(12)17(22)27-4-2/h5-8,11-12,14H,3-4H2,1-2H3,(H,19,23). The highest BCUT2D eigenvalue weighted by Gasteiger charge is 2.49. The maximum absolute atomic E-state index is 12.9. The fraction of sp³-hybridized carbons (Fsp3) is 0.389. The Labute approximate surface area is 173 Å². The van der Waals surface area contributed by atoms with Gasteiger partial charge in [0, 0.05) is 22.9 Å². The van der Waals surface area contributed by atoms with Gasteiger partial charge in [-0.2, -0.15) is 0 Å². The molecule has 1 N–H and O–H groups in total. The van der Waals surface area contributed by atoms with Crippen LogP contribution < -0.4 is 4.87 Å². The second kappa shape index (κ2) is 8.78. The van der Waals surface area contributed by atoms with Crippen LogP contribution in [0.2, 0.25) is 0 Å². The predicted molar refractivity (Wildman–Crippen MR) is 106 cm³/mol. The third kappa shape index (κ3) is 4.20. The average Bonchev–Trinajstić information content (AvgIpc) is 3.06. The van der Waals surface area contributed by atoms with Crippen molar-refractivity contribution in [2.45, 2.75) is 30.0 Å². The molecule has 0 fully saturated rings. The number of benzene rings is 1. The summed E-state index contributed by atoms with van der Waals surface area (Å²) >= 11 is 1.95. The monoisotopic (exact) mass is 438 g/mol. The Kier molecular flexibility index (Phi) is 6.38. The van der Waals surface area contributed by atoms with E-state index in [1.165, 1.54) is 18.2 Å². The van der Waals surface area contributed by atoms with E-state index >= 15 is 0 Å². The van der Waals surface area contributed by atoms with Crippen LogP contribution in [-0.4, -0.2) is 40.3 Å². The summed E-state index contributed by atoms with van der Waals surface area (Å²) in [5, 5.41) is 10.7. The predicted octanol–water partition coefficient (Wildman–Crippen LogP) is 2.69. The van der Waals surface area contributed by atoms with E-state index in [9.17, 15) is 24.5 Å². The molecule has 0 aliphatic carbocycles. The third-order valence-electron chi connectivity index (χ3n) is 4.37. The van der Waals surface area contributed by atoms with Crippen LogP contribution in [0.25, 0.3) is 0 Å². The van der Waals surface area contributed by atoms with Crippen LogP contribution in [0.3, 0.4) is 0 Å². The molecule has 1 aromatic heterocycles. The number of esters is 2. The second-order valence-corrected chi connectivity index (χ2v) is 8.27. The number of non-ortho nitro benzene ring substituents is 1. The second-order valence-electron chi connectivity index (χ2n) is 6.11. The van der Waals surface area contributed by atoms with Crippen molar-refractivity contribution >= 4 is 40.7 Å². The van der Waals surface area contributed by atoms with E-state index in [2.05, 4.69) is 4.98 Å². The lowest BCUT2D eigenvalue weighted by Gasteiger charge is -2.34. The summed E-state index contributed by atoms with van der Waals surface area (Å²) in [6.07, 6.45) is 0. The molecule has 29 heavy (non-hydrogen) atoms. The number of carbonyl (C=O) groups is 2. The number of carbonyl (C=O) groups excluding carboxylic acids is 2. The molecular formula is C18H18N2O7S2. The lowest BCUT2D eigenvalue weighted by Crippen LogP contribution is -2.41. The van der Waals surface area contributed by atoms with E-state index in [0.717, 1.165) is 23.1 Å². The Balaban J connectivity index is 2.20. The van der Waals surface area contributed by atoms with Crippen LogP contribution >= 0.6 is 23.1 Å². The van der Waals surface area contributed by atoms with Gasteiger partial charge in [0.05, 0.1) is 29.1 Å². The van der Waals surface area contributed by atoms with Crippen molar-refractivity contribution in [1.82, 2.24) is 4.98 Å². The smallest absolute Gasteiger partial charge is 0.320 e. The molecule has 154 valence electrons. The van der Waals surface area contributed by atoms with Crippen LogP contribution in [0.15, 0.2) is 34.1 Å². The first kappa shape index (κ1) is 21.1. The van der Waals surface area contributed by atoms with Gasteiger partial charge in [-0.25, -0.2) is 0 Å². The minimum atomic E-state index is -1.00. The summed E-state index contributed by atoms with van der Waals surface area (Å²) in [5.74, 6) is -2.99. The number of nitrogens with one attached hydrogen (secondary N) is 1. The number of hydrogen-bond acceptors (Lipinski definition) is 9. The Bertz CT molecular complexity index is 1000. The quantitative estimate of drug-likeness (QED) is 0.414. The number of H-pyrrole nitrogens is 1. The molecule has 0 radical (unpaired) electrons. The van der Waals surface area contributed by atoms with Gasteiger partial charge in [-0.05, 0) is 19.4 Å². The number of aromatic nitrogens is 1. The van der Waals surface area contributed by atoms with Crippen molar-refractivity contribution in [3.05, 3.63) is 54.5 Å². The maximum Gasteiger partial charge on any atom is 0.320 e. The van der Waals surface area contributed by atoms with Gasteiger partial charge < -0.3 is 14.5 Å². The zero-order valence-corrected chi connectivity index (χ0v) is 17.2. The largest absolute Gasteiger partial charge is 0.466 e. The zero-order chi connectivity index (χ0) is 21.1. The summed E-state index contributed by atoms with van der Waals surface area (Å²) in [6.45, 7) is 3.53. The van der Waals surface area contributed by atoms with Crippen molar-refractivity contribution in [3.63, 3.8) is 0 Å². The Morgan fingerprint density at radius 3 is 2.55 bits per heavy atom. The summed E-state index contributed by atoms with van der Waals surface area (Å²) in [6, 6.07) is 5.83. The van der Waals surface area contributed by atoms with Crippen LogP contribution in [0, 0.1) is 16.0 Å². The molecule has 0 saturated carbocycles. The lowest BCUT2D eigenvalue weighted by molar-refractivity contribution is -0.384. The molecule has 11 heteroatoms. The molecule has 9 nitrogen and oxygen atoms in total. The summed E-state index contributed by atoms with van der Waals surface area (Å²) in [4.78, 5) is 51.1. The minimum absolute atomic E-state index is 0.105. The number of nitro groups is 1. The van der Waals surface area contributed by atoms with Crippen LogP contribution in [0.5, 0.6) is 0 Å². The van der Waals surface area contributed by atoms with E-state index in [1.807, 2.05) is 0 Å². The van der Waals surface area contributed by atoms with Gasteiger partial charge in [0.2, 0.25) is 0 Å². The van der Waals surface area contributed by atoms with Crippen LogP contribution in [0.1, 0.15) is 30.2 Å². The minimum Gasteiger partial charge on any atom is -0.466 e. The zero-order valence-electron chi connectivity index (χ0n) is 15.6. The van der Waals surface area contributed by atoms with E-state index < -0.39 is 33.9 Å². The first-order valence-corrected chi connectivity index (χ1v) is 10.5. The molecule has 0 bridgehead atoms. The van der Waals surface area contributed by atoms with Crippen molar-refractivity contribution in [1.29, 1.82) is 0 Å². The molecular weight excluding hydrogens is 420 g/mol. The van der Waals surface area contributed by atoms with Gasteiger partial charge in [0.25, 0.3) is 5.69 Å². The number of thioether (sulfide) groups is 1. The first-order chi connectivity index (χ1) is 13.9. The van der Waals surface area contributed by atoms with Crippen LogP contribution in [-0.2, 0) is 19.1 Å². The number of thiazole rings is 1. The van der Waals surface area contributed by atoms with Gasteiger partial charge in [-0.1, -0.05) is 35.2 Å². The SMILES string of the molecule is CCOC(=O)C1Sc2[nH]c(=O)sc2C(c2cccc([N+](=O)[O-])c2)C1C(=O)OCC. The van der Waals surface area contributed by atoms with Crippen molar-refractivity contribution in [2.24, 2.45) is 5.92 Å². The van der Waals surface area contributed by atoms with Gasteiger partial charge in [0.15, 0.2) is 0 Å². The van der Waals surface area contributed by atoms with E-state index in [-0.39, 0.29) is 23.8 Å². The fourth-order valence-electron chi connectivity index (χ4n) is 3.26. The highest BCUT2D eigenvalue weighted by atomic mass is 32.2. The van der Waals surface area contributed by atoms with Gasteiger partial charge in [-0.3, -0.25) is 24.5 Å². The first-order valence-electron chi connectivity index (χ1n) is 8.84. The Hall–Kier alpha value is -2.66. The molecule has 3 unspecified atom stereocenters. The number of fused-ring (bicyclic) bond motifs is 1. The average molecular weight is 438 g/mol. The molecule has 1 aromatic carbocycles.